The van der Waals surface area contributed by atoms with Crippen molar-refractivity contribution in [1.29, 1.82) is 0 Å². The van der Waals surface area contributed by atoms with E-state index in [1.807, 2.05) is 0 Å². The number of nitrogens with two attached hydrogens (primary N) is 1. The zero-order chi connectivity index (χ0) is 8.55. The van der Waals surface area contributed by atoms with Gasteiger partial charge in [0.05, 0.1) is 7.11 Å². The first kappa shape index (κ1) is 6.84. The lowest BCUT2D eigenvalue weighted by Gasteiger charge is -1.95. The van der Waals surface area contributed by atoms with E-state index in [0.29, 0.717) is 17.3 Å². The molecule has 12 heavy (non-hydrogen) atoms. The van der Waals surface area contributed by atoms with Gasteiger partial charge in [0, 0.05) is 0 Å². The number of methoxy groups -OCH3 is 1. The molecular formula is C6H6N5O. The van der Waals surface area contributed by atoms with E-state index in [-0.39, 0.29) is 6.02 Å². The monoisotopic (exact) mass is 164 g/mol. The number of anilines is 1. The van der Waals surface area contributed by atoms with Gasteiger partial charge in [0.2, 0.25) is 0 Å². The molecule has 0 saturated carbocycles. The summed E-state index contributed by atoms with van der Waals surface area (Å²) in [7, 11) is 1.48. The largest absolute Gasteiger partial charge is 0.467 e. The summed E-state index contributed by atoms with van der Waals surface area (Å²) in [5.41, 5.74) is 6.00. The van der Waals surface area contributed by atoms with Crippen molar-refractivity contribution >= 4 is 23.3 Å². The van der Waals surface area contributed by atoms with Gasteiger partial charge in [-0.1, -0.05) is 0 Å². The van der Waals surface area contributed by atoms with E-state index in [2.05, 4.69) is 20.3 Å². The van der Waals surface area contributed by atoms with Crippen molar-refractivity contribution in [2.45, 2.75) is 0 Å². The second-order valence-electron chi connectivity index (χ2n) is 2.14. The Balaban J connectivity index is 2.48. The summed E-state index contributed by atoms with van der Waals surface area (Å²) in [6.45, 7) is 0. The molecule has 0 spiro atoms. The number of rotatable bonds is 0. The van der Waals surface area contributed by atoms with Crippen molar-refractivity contribution in [3.63, 3.8) is 0 Å². The molecule has 1 aromatic rings. The van der Waals surface area contributed by atoms with E-state index in [4.69, 9.17) is 10.5 Å². The van der Waals surface area contributed by atoms with Crippen molar-refractivity contribution in [2.75, 3.05) is 12.8 Å². The summed E-state index contributed by atoms with van der Waals surface area (Å²) < 4.78 is 4.81. The molecule has 1 aromatic heterocycles. The van der Waals surface area contributed by atoms with Crippen LogP contribution in [0, 0.1) is 0 Å². The second-order valence-corrected chi connectivity index (χ2v) is 2.14. The molecule has 2 N–H and O–H groups in total. The lowest BCUT2D eigenvalue weighted by Crippen LogP contribution is -2.08. The number of aliphatic imine (C=N–C) groups is 1. The molecule has 0 atom stereocenters. The lowest BCUT2D eigenvalue weighted by molar-refractivity contribution is 0.390. The third-order valence-electron chi connectivity index (χ3n) is 1.42. The molecule has 0 bridgehead atoms. The molecule has 0 saturated heterocycles. The van der Waals surface area contributed by atoms with Gasteiger partial charge < -0.3 is 10.5 Å². The standard InChI is InChI=1S/C6H6N5O/c1-12-6-10-3-4(7)8-2-9-5(3)11-6/h2H,1H3,(H2,7,8,9). The zero-order valence-electron chi connectivity index (χ0n) is 6.35. The summed E-state index contributed by atoms with van der Waals surface area (Å²) in [6, 6.07) is 0.261. The summed E-state index contributed by atoms with van der Waals surface area (Å²) in [5.74, 6) is 0.773. The fraction of sp³-hybridized carbons (Fsp3) is 0.167. The third kappa shape index (κ3) is 0.849. The number of aromatic nitrogens is 2. The second kappa shape index (κ2) is 2.33. The van der Waals surface area contributed by atoms with Crippen molar-refractivity contribution in [2.24, 2.45) is 4.99 Å². The highest BCUT2D eigenvalue weighted by Gasteiger charge is 2.20. The Morgan fingerprint density at radius 1 is 1.42 bits per heavy atom. The fourth-order valence-corrected chi connectivity index (χ4v) is 0.874. The van der Waals surface area contributed by atoms with E-state index in [1.54, 1.807) is 0 Å². The van der Waals surface area contributed by atoms with E-state index >= 15 is 0 Å². The molecule has 61 valence electrons. The smallest absolute Gasteiger partial charge is 0.319 e. The van der Waals surface area contributed by atoms with Crippen LogP contribution in [0.1, 0.15) is 0 Å². The van der Waals surface area contributed by atoms with E-state index in [1.165, 1.54) is 13.4 Å². The molecular weight excluding hydrogens is 158 g/mol. The number of hydrogen-bond acceptors (Lipinski definition) is 5. The molecule has 0 fully saturated rings. The van der Waals surface area contributed by atoms with Crippen LogP contribution in [0.15, 0.2) is 11.3 Å². The van der Waals surface area contributed by atoms with E-state index in [9.17, 15) is 0 Å². The van der Waals surface area contributed by atoms with E-state index < -0.39 is 0 Å². The number of nitrogen functional groups attached to an aromatic ring is 1. The lowest BCUT2D eigenvalue weighted by atomic mass is 10.4. The Hall–Kier alpha value is -1.85. The SMILES string of the molecule is COC1=Nc2c(N)ncnc2[N]1. The molecule has 1 radical (unpaired) electrons. The molecule has 1 aliphatic heterocycles. The number of ether oxygens (including phenoxy) is 1. The fourth-order valence-electron chi connectivity index (χ4n) is 0.874. The first-order valence-electron chi connectivity index (χ1n) is 3.26. The van der Waals surface area contributed by atoms with Crippen LogP contribution in [0.4, 0.5) is 17.3 Å². The van der Waals surface area contributed by atoms with Gasteiger partial charge in [0.25, 0.3) is 0 Å². The van der Waals surface area contributed by atoms with Crippen LogP contribution in [0.25, 0.3) is 0 Å². The van der Waals surface area contributed by atoms with Gasteiger partial charge in [0.1, 0.15) is 6.33 Å². The Kier molecular flexibility index (Phi) is 1.33. The predicted octanol–water partition coefficient (Wildman–Crippen LogP) is -0.0578. The maximum absolute atomic E-state index is 5.52. The highest BCUT2D eigenvalue weighted by atomic mass is 16.5. The highest BCUT2D eigenvalue weighted by Crippen LogP contribution is 2.31. The van der Waals surface area contributed by atoms with Crippen molar-refractivity contribution in [3.8, 4) is 0 Å². The molecule has 0 aromatic carbocycles. The summed E-state index contributed by atoms with van der Waals surface area (Å²) in [4.78, 5) is 11.6. The Morgan fingerprint density at radius 2 is 2.25 bits per heavy atom. The van der Waals surface area contributed by atoms with Crippen molar-refractivity contribution < 1.29 is 4.74 Å². The van der Waals surface area contributed by atoms with Crippen molar-refractivity contribution in [1.82, 2.24) is 15.3 Å². The molecule has 2 heterocycles. The predicted molar refractivity (Wildman–Crippen MR) is 42.3 cm³/mol. The highest BCUT2D eigenvalue weighted by molar-refractivity contribution is 5.92. The van der Waals surface area contributed by atoms with Gasteiger partial charge in [-0.3, -0.25) is 0 Å². The summed E-state index contributed by atoms with van der Waals surface area (Å²) in [5, 5.41) is 3.93. The summed E-state index contributed by atoms with van der Waals surface area (Å²) >= 11 is 0. The van der Waals surface area contributed by atoms with Crippen LogP contribution in [-0.4, -0.2) is 23.1 Å². The zero-order valence-corrected chi connectivity index (χ0v) is 6.35. The van der Waals surface area contributed by atoms with Gasteiger partial charge in [-0.05, 0) is 0 Å². The topological polar surface area (TPSA) is 87.5 Å². The van der Waals surface area contributed by atoms with Gasteiger partial charge in [-0.2, -0.15) is 10.3 Å². The minimum Gasteiger partial charge on any atom is -0.467 e. The minimum atomic E-state index is 0.261. The molecule has 0 aliphatic carbocycles. The van der Waals surface area contributed by atoms with Crippen LogP contribution in [-0.2, 0) is 4.74 Å². The Bertz CT molecular complexity index is 348. The third-order valence-corrected chi connectivity index (χ3v) is 1.42. The number of hydrogen-bond donors (Lipinski definition) is 1. The summed E-state index contributed by atoms with van der Waals surface area (Å²) in [6.07, 6.45) is 1.34. The number of fused-ring (bicyclic) bond motifs is 1. The molecule has 1 aliphatic rings. The van der Waals surface area contributed by atoms with Crippen LogP contribution < -0.4 is 11.1 Å². The average Bonchev–Trinajstić information content (AvgIpc) is 2.49. The van der Waals surface area contributed by atoms with Gasteiger partial charge in [-0.15, -0.1) is 0 Å². The number of amidine groups is 1. The van der Waals surface area contributed by atoms with Crippen LogP contribution in [0.3, 0.4) is 0 Å². The Labute approximate surface area is 68.5 Å². The van der Waals surface area contributed by atoms with Crippen molar-refractivity contribution in [3.05, 3.63) is 6.33 Å². The molecule has 0 amide bonds. The van der Waals surface area contributed by atoms with E-state index in [0.717, 1.165) is 0 Å². The first-order chi connectivity index (χ1) is 5.81. The first-order valence-corrected chi connectivity index (χ1v) is 3.26. The molecule has 6 heteroatoms. The maximum Gasteiger partial charge on any atom is 0.319 e. The average molecular weight is 164 g/mol. The Morgan fingerprint density at radius 3 is 2.92 bits per heavy atom. The molecule has 2 rings (SSSR count). The molecule has 0 unspecified atom stereocenters. The van der Waals surface area contributed by atoms with Gasteiger partial charge in [0.15, 0.2) is 17.3 Å². The number of nitrogens with zero attached hydrogens (tertiary/aromatic N) is 4. The quantitative estimate of drug-likeness (QED) is 0.581. The van der Waals surface area contributed by atoms with Crippen LogP contribution in [0.2, 0.25) is 0 Å². The van der Waals surface area contributed by atoms with Crippen LogP contribution >= 0.6 is 0 Å². The normalized spacial score (nSPS) is 13.2. The van der Waals surface area contributed by atoms with Crippen LogP contribution in [0.5, 0.6) is 0 Å². The maximum atomic E-state index is 5.52. The minimum absolute atomic E-state index is 0.261. The van der Waals surface area contributed by atoms with Gasteiger partial charge in [-0.25, -0.2) is 9.97 Å². The molecule has 6 nitrogen and oxygen atoms in total. The van der Waals surface area contributed by atoms with Gasteiger partial charge >= 0.3 is 6.02 Å².